The topological polar surface area (TPSA) is 69.2 Å². The van der Waals surface area contributed by atoms with Gasteiger partial charge in [-0.15, -0.1) is 0 Å². The predicted octanol–water partition coefficient (Wildman–Crippen LogP) is 6.32. The van der Waals surface area contributed by atoms with E-state index >= 15 is 0 Å². The summed E-state index contributed by atoms with van der Waals surface area (Å²) in [5, 5.41) is 10.5. The fourth-order valence-electron chi connectivity index (χ4n) is 2.36. The van der Waals surface area contributed by atoms with Crippen LogP contribution in [0.3, 0.4) is 0 Å². The maximum absolute atomic E-state index is 10.5. The Kier molecular flexibility index (Phi) is 11.5. The summed E-state index contributed by atoms with van der Waals surface area (Å²) in [7, 11) is 0. The molecule has 0 aliphatic heterocycles. The largest absolute Gasteiger partial charge is 0.330 e. The van der Waals surface area contributed by atoms with Gasteiger partial charge in [-0.2, -0.15) is 0 Å². The third kappa shape index (κ3) is 9.71. The summed E-state index contributed by atoms with van der Waals surface area (Å²) >= 11 is 0. The van der Waals surface area contributed by atoms with Crippen molar-refractivity contribution in [1.82, 2.24) is 0 Å². The molecule has 0 saturated heterocycles. The lowest BCUT2D eigenvalue weighted by molar-refractivity contribution is -0.384. The normalized spacial score (nSPS) is 13.0. The highest BCUT2D eigenvalue weighted by Crippen LogP contribution is 2.28. The van der Waals surface area contributed by atoms with Gasteiger partial charge in [-0.3, -0.25) is 10.1 Å². The second kappa shape index (κ2) is 13.7. The SMILES string of the molecule is CCC1CCC1.CCCN.O=[N+]([O-])c1ccc(C=Cc2ccccc2)cc1. The first-order valence-corrected chi connectivity index (χ1v) is 9.78. The highest BCUT2D eigenvalue weighted by atomic mass is 16.6. The Labute approximate surface area is 163 Å². The van der Waals surface area contributed by atoms with Gasteiger partial charge in [-0.1, -0.05) is 82.0 Å². The number of nitrogens with zero attached hydrogens (tertiary/aromatic N) is 1. The maximum atomic E-state index is 10.5. The number of hydrogen-bond acceptors (Lipinski definition) is 3. The smallest absolute Gasteiger partial charge is 0.269 e. The molecule has 2 aromatic carbocycles. The fraction of sp³-hybridized carbons (Fsp3) is 0.391. The molecule has 0 aromatic heterocycles. The second-order valence-electron chi connectivity index (χ2n) is 6.59. The van der Waals surface area contributed by atoms with E-state index in [1.807, 2.05) is 42.5 Å². The molecule has 0 spiro atoms. The van der Waals surface area contributed by atoms with E-state index in [9.17, 15) is 10.1 Å². The van der Waals surface area contributed by atoms with Crippen LogP contribution in [0.4, 0.5) is 5.69 Å². The van der Waals surface area contributed by atoms with Crippen molar-refractivity contribution < 1.29 is 4.92 Å². The lowest BCUT2D eigenvalue weighted by Crippen LogP contribution is -2.08. The van der Waals surface area contributed by atoms with Gasteiger partial charge >= 0.3 is 0 Å². The first-order chi connectivity index (χ1) is 13.1. The van der Waals surface area contributed by atoms with Crippen molar-refractivity contribution in [2.24, 2.45) is 11.7 Å². The Morgan fingerprint density at radius 1 is 1.00 bits per heavy atom. The minimum atomic E-state index is -0.398. The van der Waals surface area contributed by atoms with Crippen LogP contribution in [0.2, 0.25) is 0 Å². The summed E-state index contributed by atoms with van der Waals surface area (Å²) in [6.45, 7) is 5.16. The summed E-state index contributed by atoms with van der Waals surface area (Å²) in [6, 6.07) is 16.4. The first kappa shape index (κ1) is 22.6. The monoisotopic (exact) mass is 368 g/mol. The summed E-state index contributed by atoms with van der Waals surface area (Å²) in [5.74, 6) is 1.12. The quantitative estimate of drug-likeness (QED) is 0.381. The Morgan fingerprint density at radius 2 is 1.52 bits per heavy atom. The van der Waals surface area contributed by atoms with Gasteiger partial charge < -0.3 is 5.73 Å². The lowest BCUT2D eigenvalue weighted by atomic mass is 9.84. The van der Waals surface area contributed by atoms with Crippen molar-refractivity contribution in [2.75, 3.05) is 6.54 Å². The molecule has 0 amide bonds. The summed E-state index contributed by atoms with van der Waals surface area (Å²) in [4.78, 5) is 10.1. The maximum Gasteiger partial charge on any atom is 0.269 e. The number of non-ortho nitro benzene ring substituents is 1. The summed E-state index contributed by atoms with van der Waals surface area (Å²) in [6.07, 6.45) is 10.9. The number of nitro benzene ring substituents is 1. The second-order valence-corrected chi connectivity index (χ2v) is 6.59. The van der Waals surface area contributed by atoms with Crippen molar-refractivity contribution in [3.63, 3.8) is 0 Å². The third-order valence-corrected chi connectivity index (χ3v) is 4.46. The van der Waals surface area contributed by atoms with E-state index in [-0.39, 0.29) is 5.69 Å². The van der Waals surface area contributed by atoms with Crippen molar-refractivity contribution in [3.05, 3.63) is 75.8 Å². The van der Waals surface area contributed by atoms with Crippen molar-refractivity contribution >= 4 is 17.8 Å². The highest BCUT2D eigenvalue weighted by Gasteiger charge is 2.13. The van der Waals surface area contributed by atoms with Crippen molar-refractivity contribution in [3.8, 4) is 0 Å². The molecular formula is C23H32N2O2. The van der Waals surface area contributed by atoms with Crippen LogP contribution < -0.4 is 5.73 Å². The highest BCUT2D eigenvalue weighted by molar-refractivity contribution is 5.69. The van der Waals surface area contributed by atoms with Gasteiger partial charge in [0.05, 0.1) is 4.92 Å². The molecule has 0 radical (unpaired) electrons. The van der Waals surface area contributed by atoms with Crippen LogP contribution in [0.5, 0.6) is 0 Å². The van der Waals surface area contributed by atoms with Crippen LogP contribution in [0, 0.1) is 16.0 Å². The van der Waals surface area contributed by atoms with E-state index in [2.05, 4.69) is 13.8 Å². The molecule has 1 aliphatic rings. The minimum Gasteiger partial charge on any atom is -0.330 e. The Balaban J connectivity index is 0.000000299. The van der Waals surface area contributed by atoms with Crippen LogP contribution in [0.25, 0.3) is 12.2 Å². The van der Waals surface area contributed by atoms with E-state index in [1.54, 1.807) is 12.1 Å². The minimum absolute atomic E-state index is 0.113. The Bertz CT molecular complexity index is 658. The number of nitrogens with two attached hydrogens (primary N) is 1. The molecule has 0 heterocycles. The average molecular weight is 369 g/mol. The van der Waals surface area contributed by atoms with E-state index in [4.69, 9.17) is 5.73 Å². The van der Waals surface area contributed by atoms with Crippen molar-refractivity contribution in [1.29, 1.82) is 0 Å². The molecule has 4 heteroatoms. The number of rotatable bonds is 5. The zero-order valence-electron chi connectivity index (χ0n) is 16.5. The Morgan fingerprint density at radius 3 is 1.85 bits per heavy atom. The zero-order chi connectivity index (χ0) is 19.9. The van der Waals surface area contributed by atoms with Gasteiger partial charge in [0.2, 0.25) is 0 Å². The summed E-state index contributed by atoms with van der Waals surface area (Å²) in [5.41, 5.74) is 7.19. The summed E-state index contributed by atoms with van der Waals surface area (Å²) < 4.78 is 0. The van der Waals surface area contributed by atoms with Crippen LogP contribution in [0.15, 0.2) is 54.6 Å². The van der Waals surface area contributed by atoms with Gasteiger partial charge in [0.1, 0.15) is 0 Å². The standard InChI is InChI=1S/C14H11NO2.C6H12.C3H9N/c16-15(17)14-10-8-13(9-11-14)7-6-12-4-2-1-3-5-12;1-2-6-4-3-5-6;1-2-3-4/h1-11H;6H,2-5H2,1H3;2-4H2,1H3. The van der Waals surface area contributed by atoms with E-state index in [1.165, 1.54) is 37.8 Å². The molecule has 146 valence electrons. The predicted molar refractivity (Wildman–Crippen MR) is 115 cm³/mol. The number of hydrogen-bond donors (Lipinski definition) is 1. The van der Waals surface area contributed by atoms with E-state index < -0.39 is 4.92 Å². The third-order valence-electron chi connectivity index (χ3n) is 4.46. The zero-order valence-corrected chi connectivity index (χ0v) is 16.5. The van der Waals surface area contributed by atoms with Gasteiger partial charge in [-0.05, 0) is 42.1 Å². The Hall–Kier alpha value is -2.46. The van der Waals surface area contributed by atoms with Crippen LogP contribution in [0.1, 0.15) is 57.1 Å². The van der Waals surface area contributed by atoms with Crippen molar-refractivity contribution in [2.45, 2.75) is 46.0 Å². The average Bonchev–Trinajstić information content (AvgIpc) is 2.67. The molecule has 0 bridgehead atoms. The number of benzene rings is 2. The molecule has 1 saturated carbocycles. The van der Waals surface area contributed by atoms with Crippen LogP contribution in [-0.2, 0) is 0 Å². The van der Waals surface area contributed by atoms with E-state index in [0.29, 0.717) is 0 Å². The fourth-order valence-corrected chi connectivity index (χ4v) is 2.36. The molecule has 2 aromatic rings. The molecule has 27 heavy (non-hydrogen) atoms. The lowest BCUT2D eigenvalue weighted by Gasteiger charge is -2.22. The molecule has 0 unspecified atom stereocenters. The van der Waals surface area contributed by atoms with Gasteiger partial charge in [0.15, 0.2) is 0 Å². The molecule has 1 aliphatic carbocycles. The van der Waals surface area contributed by atoms with Crippen LogP contribution >= 0.6 is 0 Å². The van der Waals surface area contributed by atoms with E-state index in [0.717, 1.165) is 30.0 Å². The molecule has 2 N–H and O–H groups in total. The van der Waals surface area contributed by atoms with Gasteiger partial charge in [-0.25, -0.2) is 0 Å². The van der Waals surface area contributed by atoms with Gasteiger partial charge in [0, 0.05) is 12.1 Å². The molecule has 1 fully saturated rings. The van der Waals surface area contributed by atoms with Crippen LogP contribution in [-0.4, -0.2) is 11.5 Å². The molecule has 3 rings (SSSR count). The molecule has 4 nitrogen and oxygen atoms in total. The number of nitro groups is 1. The van der Waals surface area contributed by atoms with Gasteiger partial charge in [0.25, 0.3) is 5.69 Å². The first-order valence-electron chi connectivity index (χ1n) is 9.78. The molecular weight excluding hydrogens is 336 g/mol. The molecule has 0 atom stereocenters.